The predicted octanol–water partition coefficient (Wildman–Crippen LogP) is 4.57. The van der Waals surface area contributed by atoms with E-state index in [1.807, 2.05) is 42.2 Å². The zero-order valence-electron chi connectivity index (χ0n) is 18.7. The van der Waals surface area contributed by atoms with Gasteiger partial charge in [0.25, 0.3) is 5.91 Å². The van der Waals surface area contributed by atoms with Crippen molar-refractivity contribution in [1.82, 2.24) is 14.9 Å². The highest BCUT2D eigenvalue weighted by atomic mass is 16.5. The molecule has 1 amide bonds. The number of amides is 1. The van der Waals surface area contributed by atoms with Gasteiger partial charge in [-0.3, -0.25) is 9.78 Å². The minimum absolute atomic E-state index is 0.0801. The second-order valence-electron chi connectivity index (χ2n) is 7.89. The van der Waals surface area contributed by atoms with Gasteiger partial charge in [0.05, 0.1) is 14.2 Å². The molecule has 1 unspecified atom stereocenters. The lowest BCUT2D eigenvalue weighted by Gasteiger charge is -2.33. The van der Waals surface area contributed by atoms with E-state index in [9.17, 15) is 4.79 Å². The van der Waals surface area contributed by atoms with E-state index in [-0.39, 0.29) is 11.8 Å². The van der Waals surface area contributed by atoms with Crippen molar-refractivity contribution in [1.29, 1.82) is 0 Å². The molecule has 1 aromatic carbocycles. The van der Waals surface area contributed by atoms with E-state index in [1.54, 1.807) is 32.5 Å². The van der Waals surface area contributed by atoms with Crippen LogP contribution in [-0.4, -0.2) is 48.1 Å². The Labute approximate surface area is 188 Å². The third-order valence-corrected chi connectivity index (χ3v) is 5.68. The summed E-state index contributed by atoms with van der Waals surface area (Å²) in [5.74, 6) is 1.90. The molecule has 2 aromatic heterocycles. The maximum absolute atomic E-state index is 13.4. The molecule has 1 saturated heterocycles. The first-order valence-corrected chi connectivity index (χ1v) is 10.8. The number of pyridine rings is 2. The Morgan fingerprint density at radius 2 is 1.88 bits per heavy atom. The number of ether oxygens (including phenoxy) is 2. The van der Waals surface area contributed by atoms with Gasteiger partial charge in [0.1, 0.15) is 22.9 Å². The first kappa shape index (κ1) is 21.6. The fourth-order valence-corrected chi connectivity index (χ4v) is 4.18. The van der Waals surface area contributed by atoms with Crippen molar-refractivity contribution >= 4 is 17.4 Å². The number of benzene rings is 1. The van der Waals surface area contributed by atoms with Crippen LogP contribution in [0.15, 0.2) is 54.7 Å². The van der Waals surface area contributed by atoms with Crippen LogP contribution in [0.3, 0.4) is 0 Å². The van der Waals surface area contributed by atoms with Crippen molar-refractivity contribution in [3.05, 3.63) is 71.7 Å². The summed E-state index contributed by atoms with van der Waals surface area (Å²) in [6.07, 6.45) is 3.65. The summed E-state index contributed by atoms with van der Waals surface area (Å²) in [5.41, 5.74) is 3.32. The van der Waals surface area contributed by atoms with E-state index in [4.69, 9.17) is 14.5 Å². The number of aromatic nitrogens is 2. The lowest BCUT2D eigenvalue weighted by molar-refractivity contribution is 0.0699. The third-order valence-electron chi connectivity index (χ3n) is 5.68. The minimum atomic E-state index is -0.0801. The van der Waals surface area contributed by atoms with Gasteiger partial charge in [-0.25, -0.2) is 4.98 Å². The van der Waals surface area contributed by atoms with Crippen LogP contribution in [0, 0.1) is 6.92 Å². The molecule has 1 aliphatic rings. The number of carbonyl (C=O) groups excluding carboxylic acids is 1. The van der Waals surface area contributed by atoms with E-state index in [0.29, 0.717) is 30.2 Å². The standard InChI is InChI=1S/C25H28N4O3/c1-17-14-19(28-23-11-4-5-12-26-23)15-20(27-17)18-8-7-13-29(16-18)25(30)24-21(31-2)9-6-10-22(24)32-3/h4-6,9-12,14-15,18H,7-8,13,16H2,1-3H3,(H,26,27,28). The van der Waals surface area contributed by atoms with E-state index in [2.05, 4.69) is 16.4 Å². The Morgan fingerprint density at radius 3 is 2.56 bits per heavy atom. The third kappa shape index (κ3) is 4.66. The summed E-state index contributed by atoms with van der Waals surface area (Å²) < 4.78 is 10.9. The maximum Gasteiger partial charge on any atom is 0.261 e. The number of aryl methyl sites for hydroxylation is 1. The monoisotopic (exact) mass is 432 g/mol. The maximum atomic E-state index is 13.4. The van der Waals surface area contributed by atoms with Crippen molar-refractivity contribution in [3.63, 3.8) is 0 Å². The van der Waals surface area contributed by atoms with Crippen molar-refractivity contribution in [2.24, 2.45) is 0 Å². The summed E-state index contributed by atoms with van der Waals surface area (Å²) in [7, 11) is 3.13. The van der Waals surface area contributed by atoms with E-state index >= 15 is 0 Å². The van der Waals surface area contributed by atoms with Crippen LogP contribution < -0.4 is 14.8 Å². The smallest absolute Gasteiger partial charge is 0.261 e. The minimum Gasteiger partial charge on any atom is -0.496 e. The number of likely N-dealkylation sites (tertiary alicyclic amines) is 1. The lowest BCUT2D eigenvalue weighted by Crippen LogP contribution is -2.39. The Balaban J connectivity index is 1.57. The molecule has 1 atom stereocenters. The molecule has 0 bridgehead atoms. The molecule has 1 fully saturated rings. The Kier molecular flexibility index (Phi) is 6.54. The molecule has 0 saturated carbocycles. The summed E-state index contributed by atoms with van der Waals surface area (Å²) in [6.45, 7) is 3.28. The predicted molar refractivity (Wildman–Crippen MR) is 124 cm³/mol. The SMILES string of the molecule is COc1cccc(OC)c1C(=O)N1CCCC(c2cc(Nc3ccccn3)cc(C)n2)C1. The molecule has 0 spiro atoms. The van der Waals surface area contributed by atoms with Crippen molar-refractivity contribution < 1.29 is 14.3 Å². The topological polar surface area (TPSA) is 76.6 Å². The number of hydrogen-bond acceptors (Lipinski definition) is 6. The summed E-state index contributed by atoms with van der Waals surface area (Å²) in [4.78, 5) is 24.4. The van der Waals surface area contributed by atoms with Crippen molar-refractivity contribution in [2.45, 2.75) is 25.7 Å². The van der Waals surface area contributed by atoms with Crippen LogP contribution in [-0.2, 0) is 0 Å². The van der Waals surface area contributed by atoms with Crippen LogP contribution in [0.25, 0.3) is 0 Å². The molecular weight excluding hydrogens is 404 g/mol. The van der Waals surface area contributed by atoms with Gasteiger partial charge in [-0.15, -0.1) is 0 Å². The van der Waals surface area contributed by atoms with Gasteiger partial charge in [-0.05, 0) is 56.2 Å². The summed E-state index contributed by atoms with van der Waals surface area (Å²) in [6, 6.07) is 15.2. The number of piperidine rings is 1. The van der Waals surface area contributed by atoms with Gasteiger partial charge in [-0.1, -0.05) is 12.1 Å². The number of hydrogen-bond donors (Lipinski definition) is 1. The molecule has 32 heavy (non-hydrogen) atoms. The molecule has 0 radical (unpaired) electrons. The lowest BCUT2D eigenvalue weighted by atomic mass is 9.93. The Morgan fingerprint density at radius 1 is 1.09 bits per heavy atom. The fraction of sp³-hybridized carbons (Fsp3) is 0.320. The highest BCUT2D eigenvalue weighted by Gasteiger charge is 2.30. The van der Waals surface area contributed by atoms with E-state index in [1.165, 1.54) is 0 Å². The van der Waals surface area contributed by atoms with Crippen LogP contribution in [0.4, 0.5) is 11.5 Å². The number of nitrogens with one attached hydrogen (secondary N) is 1. The average molecular weight is 433 g/mol. The molecule has 7 nitrogen and oxygen atoms in total. The van der Waals surface area contributed by atoms with Gasteiger partial charge in [0.2, 0.25) is 0 Å². The van der Waals surface area contributed by atoms with Crippen LogP contribution in [0.2, 0.25) is 0 Å². The largest absolute Gasteiger partial charge is 0.496 e. The zero-order valence-corrected chi connectivity index (χ0v) is 18.7. The normalized spacial score (nSPS) is 15.8. The van der Waals surface area contributed by atoms with Gasteiger partial charge in [-0.2, -0.15) is 0 Å². The van der Waals surface area contributed by atoms with Crippen LogP contribution in [0.5, 0.6) is 11.5 Å². The highest BCUT2D eigenvalue weighted by molar-refractivity contribution is 5.99. The van der Waals surface area contributed by atoms with Crippen molar-refractivity contribution in [2.75, 3.05) is 32.6 Å². The van der Waals surface area contributed by atoms with Crippen LogP contribution >= 0.6 is 0 Å². The quantitative estimate of drug-likeness (QED) is 0.615. The average Bonchev–Trinajstić information content (AvgIpc) is 2.83. The van der Waals surface area contributed by atoms with Gasteiger partial charge in [0, 0.05) is 42.3 Å². The number of anilines is 2. The molecule has 7 heteroatoms. The zero-order chi connectivity index (χ0) is 22.5. The molecule has 1 aliphatic heterocycles. The molecule has 1 N–H and O–H groups in total. The molecule has 166 valence electrons. The first-order chi connectivity index (χ1) is 15.6. The Hall–Kier alpha value is -3.61. The summed E-state index contributed by atoms with van der Waals surface area (Å²) in [5, 5.41) is 3.35. The molecule has 3 aromatic rings. The Bertz CT molecular complexity index is 1070. The molecule has 0 aliphatic carbocycles. The van der Waals surface area contributed by atoms with E-state index in [0.717, 1.165) is 35.7 Å². The number of methoxy groups -OCH3 is 2. The fourth-order valence-electron chi connectivity index (χ4n) is 4.18. The highest BCUT2D eigenvalue weighted by Crippen LogP contribution is 2.33. The van der Waals surface area contributed by atoms with Gasteiger partial charge < -0.3 is 19.7 Å². The summed E-state index contributed by atoms with van der Waals surface area (Å²) >= 11 is 0. The molecule has 4 rings (SSSR count). The van der Waals surface area contributed by atoms with Crippen LogP contribution in [0.1, 0.15) is 40.5 Å². The number of rotatable bonds is 6. The van der Waals surface area contributed by atoms with E-state index < -0.39 is 0 Å². The number of carbonyl (C=O) groups is 1. The number of nitrogens with zero attached hydrogens (tertiary/aromatic N) is 3. The first-order valence-electron chi connectivity index (χ1n) is 10.8. The van der Waals surface area contributed by atoms with Gasteiger partial charge in [0.15, 0.2) is 0 Å². The second kappa shape index (κ2) is 9.68. The molecular formula is C25H28N4O3. The second-order valence-corrected chi connectivity index (χ2v) is 7.89. The molecule has 3 heterocycles. The van der Waals surface area contributed by atoms with Crippen molar-refractivity contribution in [3.8, 4) is 11.5 Å². The van der Waals surface area contributed by atoms with Gasteiger partial charge >= 0.3 is 0 Å².